The number of pyridine rings is 1. The molecule has 0 saturated carbocycles. The van der Waals surface area contributed by atoms with Crippen molar-refractivity contribution >= 4 is 17.6 Å². The Morgan fingerprint density at radius 3 is 2.51 bits per heavy atom. The third-order valence-corrected chi connectivity index (χ3v) is 6.78. The fourth-order valence-corrected chi connectivity index (χ4v) is 4.68. The first-order chi connectivity index (χ1) is 18.8. The van der Waals surface area contributed by atoms with Gasteiger partial charge in [0.2, 0.25) is 0 Å². The molecule has 2 amide bonds. The highest BCUT2D eigenvalue weighted by Crippen LogP contribution is 2.27. The van der Waals surface area contributed by atoms with Gasteiger partial charge < -0.3 is 9.64 Å². The molecule has 0 spiro atoms. The van der Waals surface area contributed by atoms with Crippen LogP contribution in [0.4, 0.5) is 15.0 Å². The summed E-state index contributed by atoms with van der Waals surface area (Å²) in [6.07, 6.45) is 3.27. The fraction of sp³-hybridized carbons (Fsp3) is 0.241. The van der Waals surface area contributed by atoms with Gasteiger partial charge in [0.1, 0.15) is 17.1 Å². The Labute approximate surface area is 224 Å². The number of carbonyl (C=O) groups is 2. The highest BCUT2D eigenvalue weighted by molar-refractivity contribution is 5.98. The lowest BCUT2D eigenvalue weighted by molar-refractivity contribution is 0.0991. The Bertz CT molecular complexity index is 1590. The van der Waals surface area contributed by atoms with Crippen LogP contribution in [-0.4, -0.2) is 44.2 Å². The number of para-hydroxylation sites is 1. The number of Topliss-reactive ketones (excluding diaryl/α,β-unsaturated/α-hetero) is 1. The number of anilines is 1. The van der Waals surface area contributed by atoms with Gasteiger partial charge in [-0.25, -0.2) is 18.9 Å². The molecule has 2 aromatic heterocycles. The van der Waals surface area contributed by atoms with Crippen LogP contribution in [0.2, 0.25) is 0 Å². The van der Waals surface area contributed by atoms with Crippen LogP contribution in [0.1, 0.15) is 34.5 Å². The Hall–Kier alpha value is -4.73. The van der Waals surface area contributed by atoms with E-state index in [4.69, 9.17) is 4.74 Å². The number of benzene rings is 2. The van der Waals surface area contributed by atoms with Crippen LogP contribution in [0.5, 0.6) is 11.5 Å². The minimum absolute atomic E-state index is 0.0449. The van der Waals surface area contributed by atoms with E-state index in [1.807, 2.05) is 18.2 Å². The summed E-state index contributed by atoms with van der Waals surface area (Å²) in [6.45, 7) is 3.12. The Morgan fingerprint density at radius 2 is 1.79 bits per heavy atom. The Kier molecular flexibility index (Phi) is 7.27. The molecule has 3 heterocycles. The molecule has 1 aliphatic rings. The number of ketones is 1. The molecule has 0 atom stereocenters. The molecular weight excluding hydrogens is 501 g/mol. The smallest absolute Gasteiger partial charge is 0.323 e. The second-order valence-electron chi connectivity index (χ2n) is 9.40. The lowest BCUT2D eigenvalue weighted by Crippen LogP contribution is -2.32. The number of urea groups is 1. The van der Waals surface area contributed by atoms with Crippen LogP contribution < -0.4 is 15.6 Å². The molecule has 39 heavy (non-hydrogen) atoms. The number of carbonyl (C=O) groups excluding carboxylic acids is 2. The molecular formula is C29H28FN5O4. The van der Waals surface area contributed by atoms with E-state index >= 15 is 0 Å². The third-order valence-electron chi connectivity index (χ3n) is 6.78. The van der Waals surface area contributed by atoms with Gasteiger partial charge in [0, 0.05) is 44.5 Å². The summed E-state index contributed by atoms with van der Waals surface area (Å²) in [4.78, 5) is 44.4. The maximum Gasteiger partial charge on any atom is 0.323 e. The molecule has 1 fully saturated rings. The van der Waals surface area contributed by atoms with Crippen molar-refractivity contribution in [1.29, 1.82) is 0 Å². The molecule has 1 saturated heterocycles. The van der Waals surface area contributed by atoms with Crippen LogP contribution in [0.25, 0.3) is 5.69 Å². The van der Waals surface area contributed by atoms with Crippen LogP contribution >= 0.6 is 0 Å². The van der Waals surface area contributed by atoms with E-state index in [1.165, 1.54) is 29.1 Å². The SMILES string of the molecule is Cc1c(C(=O)Cc2ccc(Oc3ccnc(NC(=O)N4CCCC4)c3)c(F)c2)c(=O)n(-c2ccccc2)n1C. The molecule has 0 aliphatic carbocycles. The predicted octanol–water partition coefficient (Wildman–Crippen LogP) is 4.86. The average molecular weight is 530 g/mol. The molecule has 9 nitrogen and oxygen atoms in total. The molecule has 4 aromatic rings. The zero-order chi connectivity index (χ0) is 27.5. The summed E-state index contributed by atoms with van der Waals surface area (Å²) in [5.41, 5.74) is 1.24. The van der Waals surface area contributed by atoms with Gasteiger partial charge in [-0.1, -0.05) is 24.3 Å². The number of rotatable bonds is 7. The van der Waals surface area contributed by atoms with Gasteiger partial charge in [0.15, 0.2) is 17.3 Å². The largest absolute Gasteiger partial charge is 0.454 e. The second-order valence-corrected chi connectivity index (χ2v) is 9.40. The number of ether oxygens (including phenoxy) is 1. The molecule has 1 aliphatic heterocycles. The summed E-state index contributed by atoms with van der Waals surface area (Å²) in [5, 5.41) is 2.73. The van der Waals surface area contributed by atoms with Crippen molar-refractivity contribution in [2.75, 3.05) is 18.4 Å². The van der Waals surface area contributed by atoms with E-state index in [1.54, 1.807) is 47.8 Å². The third kappa shape index (κ3) is 5.45. The first-order valence-electron chi connectivity index (χ1n) is 12.7. The fourth-order valence-electron chi connectivity index (χ4n) is 4.68. The average Bonchev–Trinajstić information content (AvgIpc) is 3.53. The number of amides is 2. The number of halogens is 1. The zero-order valence-corrected chi connectivity index (χ0v) is 21.7. The van der Waals surface area contributed by atoms with Crippen LogP contribution in [0.15, 0.2) is 71.7 Å². The predicted molar refractivity (Wildman–Crippen MR) is 144 cm³/mol. The van der Waals surface area contributed by atoms with Gasteiger partial charge in [-0.15, -0.1) is 0 Å². The summed E-state index contributed by atoms with van der Waals surface area (Å²) in [6, 6.07) is 16.1. The summed E-state index contributed by atoms with van der Waals surface area (Å²) in [7, 11) is 1.72. The quantitative estimate of drug-likeness (QED) is 0.345. The maximum atomic E-state index is 15.0. The van der Waals surface area contributed by atoms with E-state index in [0.29, 0.717) is 41.6 Å². The minimum Gasteiger partial charge on any atom is -0.454 e. The van der Waals surface area contributed by atoms with E-state index in [2.05, 4.69) is 10.3 Å². The van der Waals surface area contributed by atoms with E-state index in [-0.39, 0.29) is 23.8 Å². The van der Waals surface area contributed by atoms with Crippen molar-refractivity contribution in [3.63, 3.8) is 0 Å². The van der Waals surface area contributed by atoms with Gasteiger partial charge in [0.25, 0.3) is 5.56 Å². The van der Waals surface area contributed by atoms with Crippen molar-refractivity contribution in [3.8, 4) is 17.2 Å². The summed E-state index contributed by atoms with van der Waals surface area (Å²) in [5.74, 6) is -0.511. The van der Waals surface area contributed by atoms with E-state index in [0.717, 1.165) is 12.8 Å². The first-order valence-corrected chi connectivity index (χ1v) is 12.7. The van der Waals surface area contributed by atoms with Gasteiger partial charge in [-0.05, 0) is 55.7 Å². The van der Waals surface area contributed by atoms with Crippen molar-refractivity contribution in [1.82, 2.24) is 19.2 Å². The molecule has 0 bridgehead atoms. The topological polar surface area (TPSA) is 98.5 Å². The van der Waals surface area contributed by atoms with Gasteiger partial charge in [-0.3, -0.25) is 19.6 Å². The second kappa shape index (κ2) is 10.9. The monoisotopic (exact) mass is 529 g/mol. The van der Waals surface area contributed by atoms with Crippen molar-refractivity contribution in [2.45, 2.75) is 26.2 Å². The normalized spacial score (nSPS) is 12.9. The number of hydrogen-bond donors (Lipinski definition) is 1. The molecule has 0 unspecified atom stereocenters. The molecule has 10 heteroatoms. The molecule has 1 N–H and O–H groups in total. The lowest BCUT2D eigenvalue weighted by atomic mass is 10.0. The molecule has 200 valence electrons. The van der Waals surface area contributed by atoms with Crippen molar-refractivity contribution in [3.05, 3.63) is 99.9 Å². The van der Waals surface area contributed by atoms with Gasteiger partial charge in [-0.2, -0.15) is 0 Å². The van der Waals surface area contributed by atoms with Crippen LogP contribution in [0, 0.1) is 12.7 Å². The van der Waals surface area contributed by atoms with E-state index in [9.17, 15) is 18.8 Å². The minimum atomic E-state index is -0.661. The number of nitrogens with one attached hydrogen (secondary N) is 1. The maximum absolute atomic E-state index is 15.0. The zero-order valence-electron chi connectivity index (χ0n) is 21.7. The molecule has 2 aromatic carbocycles. The standard InChI is InChI=1S/C29H28FN5O4/c1-19-27(28(37)35(33(19)2)21-8-4-3-5-9-21)24(36)17-20-10-11-25(23(30)16-20)39-22-12-13-31-26(18-22)32-29(38)34-14-6-7-15-34/h3-5,8-13,16,18H,6-7,14-15,17H2,1-2H3,(H,31,32,38). The van der Waals surface area contributed by atoms with Crippen LogP contribution in [-0.2, 0) is 13.5 Å². The summed E-state index contributed by atoms with van der Waals surface area (Å²) < 4.78 is 23.7. The van der Waals surface area contributed by atoms with E-state index < -0.39 is 17.2 Å². The van der Waals surface area contributed by atoms with Crippen molar-refractivity contribution < 1.29 is 18.7 Å². The number of hydrogen-bond acceptors (Lipinski definition) is 5. The Balaban J connectivity index is 1.29. The van der Waals surface area contributed by atoms with Crippen LogP contribution in [0.3, 0.4) is 0 Å². The summed E-state index contributed by atoms with van der Waals surface area (Å²) >= 11 is 0. The molecule has 0 radical (unpaired) electrons. The number of likely N-dealkylation sites (tertiary alicyclic amines) is 1. The van der Waals surface area contributed by atoms with Gasteiger partial charge in [0.05, 0.1) is 5.69 Å². The van der Waals surface area contributed by atoms with Crippen molar-refractivity contribution in [2.24, 2.45) is 7.05 Å². The number of aromatic nitrogens is 3. The first kappa shape index (κ1) is 25.9. The number of nitrogens with zero attached hydrogens (tertiary/aromatic N) is 4. The Morgan fingerprint density at radius 1 is 1.05 bits per heavy atom. The van der Waals surface area contributed by atoms with Gasteiger partial charge >= 0.3 is 6.03 Å². The highest BCUT2D eigenvalue weighted by Gasteiger charge is 2.23. The molecule has 5 rings (SSSR count). The lowest BCUT2D eigenvalue weighted by Gasteiger charge is -2.16. The highest BCUT2D eigenvalue weighted by atomic mass is 19.1.